The highest BCUT2D eigenvalue weighted by molar-refractivity contribution is 7.09. The van der Waals surface area contributed by atoms with E-state index in [1.807, 2.05) is 23.1 Å². The molecule has 7 heteroatoms. The lowest BCUT2D eigenvalue weighted by atomic mass is 10.1. The average Bonchev–Trinajstić information content (AvgIpc) is 3.22. The first-order chi connectivity index (χ1) is 14.6. The molecule has 2 aromatic carbocycles. The van der Waals surface area contributed by atoms with E-state index in [2.05, 4.69) is 53.0 Å². The van der Waals surface area contributed by atoms with Crippen LogP contribution in [-0.4, -0.2) is 42.1 Å². The smallest absolute Gasteiger partial charge is 0.239 e. The third-order valence-corrected chi connectivity index (χ3v) is 5.42. The van der Waals surface area contributed by atoms with Gasteiger partial charge in [0.15, 0.2) is 0 Å². The van der Waals surface area contributed by atoms with Gasteiger partial charge in [-0.15, -0.1) is 0 Å². The number of nitrogens with one attached hydrogen (secondary N) is 1. The predicted octanol–water partition coefficient (Wildman–Crippen LogP) is 3.60. The summed E-state index contributed by atoms with van der Waals surface area (Å²) in [6, 6.07) is 18.5. The Bertz CT molecular complexity index is 912. The molecule has 158 valence electrons. The van der Waals surface area contributed by atoms with Crippen molar-refractivity contribution in [3.8, 4) is 0 Å². The summed E-state index contributed by atoms with van der Waals surface area (Å²) in [4.78, 5) is 19.2. The van der Waals surface area contributed by atoms with Crippen LogP contribution in [0, 0.1) is 6.92 Å². The molecule has 3 rings (SSSR count). The quantitative estimate of drug-likeness (QED) is 0.477. The maximum Gasteiger partial charge on any atom is 0.239 e. The van der Waals surface area contributed by atoms with Gasteiger partial charge in [-0.1, -0.05) is 60.2 Å². The Morgan fingerprint density at radius 2 is 1.87 bits per heavy atom. The van der Waals surface area contributed by atoms with E-state index in [4.69, 9.17) is 9.72 Å². The summed E-state index contributed by atoms with van der Waals surface area (Å²) in [5.41, 5.74) is 3.53. The molecule has 3 aromatic rings. The first-order valence-corrected chi connectivity index (χ1v) is 10.8. The topological polar surface area (TPSA) is 67.3 Å². The van der Waals surface area contributed by atoms with E-state index in [1.54, 1.807) is 7.11 Å². The van der Waals surface area contributed by atoms with Crippen molar-refractivity contribution in [3.63, 3.8) is 0 Å². The van der Waals surface area contributed by atoms with Gasteiger partial charge in [0, 0.05) is 44.8 Å². The van der Waals surface area contributed by atoms with Gasteiger partial charge in [0.1, 0.15) is 5.82 Å². The van der Waals surface area contributed by atoms with Gasteiger partial charge in [0.2, 0.25) is 11.0 Å². The summed E-state index contributed by atoms with van der Waals surface area (Å²) in [6.07, 6.45) is 1.47. The zero-order valence-electron chi connectivity index (χ0n) is 17.5. The maximum absolute atomic E-state index is 12.5. The third kappa shape index (κ3) is 6.93. The fourth-order valence-electron chi connectivity index (χ4n) is 3.00. The summed E-state index contributed by atoms with van der Waals surface area (Å²) < 4.78 is 9.56. The molecule has 30 heavy (non-hydrogen) atoms. The fourth-order valence-corrected chi connectivity index (χ4v) is 3.69. The summed E-state index contributed by atoms with van der Waals surface area (Å²) in [5, 5.41) is 3.71. The van der Waals surface area contributed by atoms with Crippen LogP contribution in [0.4, 0.5) is 5.13 Å². The van der Waals surface area contributed by atoms with Crippen LogP contribution in [-0.2, 0) is 22.5 Å². The first kappa shape index (κ1) is 21.9. The molecule has 0 unspecified atom stereocenters. The molecule has 0 aliphatic heterocycles. The van der Waals surface area contributed by atoms with Gasteiger partial charge in [0.25, 0.3) is 0 Å². The second-order valence-corrected chi connectivity index (χ2v) is 7.92. The van der Waals surface area contributed by atoms with E-state index in [9.17, 15) is 4.79 Å². The van der Waals surface area contributed by atoms with Crippen molar-refractivity contribution in [1.29, 1.82) is 0 Å². The monoisotopic (exact) mass is 424 g/mol. The number of anilines is 1. The lowest BCUT2D eigenvalue weighted by Gasteiger charge is -2.21. The largest absolute Gasteiger partial charge is 0.385 e. The van der Waals surface area contributed by atoms with E-state index >= 15 is 0 Å². The minimum Gasteiger partial charge on any atom is -0.385 e. The lowest BCUT2D eigenvalue weighted by molar-refractivity contribution is -0.119. The van der Waals surface area contributed by atoms with Gasteiger partial charge in [-0.25, -0.2) is 4.98 Å². The minimum atomic E-state index is -0.0303. The number of rotatable bonds is 11. The molecule has 1 heterocycles. The molecular formula is C23H28N4O2S. The van der Waals surface area contributed by atoms with E-state index < -0.39 is 0 Å². The van der Waals surface area contributed by atoms with Crippen LogP contribution < -0.4 is 10.2 Å². The number of aromatic nitrogens is 2. The normalized spacial score (nSPS) is 10.7. The van der Waals surface area contributed by atoms with Crippen LogP contribution >= 0.6 is 11.5 Å². The number of nitrogens with zero attached hydrogens (tertiary/aromatic N) is 3. The van der Waals surface area contributed by atoms with Crippen LogP contribution in [0.1, 0.15) is 28.9 Å². The van der Waals surface area contributed by atoms with Gasteiger partial charge in [0.05, 0.1) is 6.54 Å². The van der Waals surface area contributed by atoms with E-state index in [1.165, 1.54) is 22.7 Å². The van der Waals surface area contributed by atoms with Crippen LogP contribution in [0.25, 0.3) is 0 Å². The molecule has 0 aliphatic carbocycles. The zero-order valence-corrected chi connectivity index (χ0v) is 18.3. The van der Waals surface area contributed by atoms with Gasteiger partial charge < -0.3 is 15.0 Å². The summed E-state index contributed by atoms with van der Waals surface area (Å²) in [7, 11) is 1.66. The highest BCUT2D eigenvalue weighted by Gasteiger charge is 2.17. The average molecular weight is 425 g/mol. The Morgan fingerprint density at radius 1 is 1.10 bits per heavy atom. The standard InChI is InChI=1S/C23H28N4O2S/c1-18-9-11-19(12-10-18)15-21-25-23(30-26-21)27(16-20-7-4-3-5-8-20)17-22(28)24-13-6-14-29-2/h3-5,7-12H,6,13-17H2,1-2H3,(H,24,28). The Morgan fingerprint density at radius 3 is 2.60 bits per heavy atom. The SMILES string of the molecule is COCCCNC(=O)CN(Cc1ccccc1)c1nc(Cc2ccc(C)cc2)ns1. The minimum absolute atomic E-state index is 0.0303. The van der Waals surface area contributed by atoms with Crippen molar-refractivity contribution in [3.05, 3.63) is 77.1 Å². The van der Waals surface area contributed by atoms with Gasteiger partial charge >= 0.3 is 0 Å². The van der Waals surface area contributed by atoms with Crippen LogP contribution in [0.3, 0.4) is 0 Å². The number of hydrogen-bond acceptors (Lipinski definition) is 6. The molecule has 1 N–H and O–H groups in total. The Hall–Kier alpha value is -2.77. The summed E-state index contributed by atoms with van der Waals surface area (Å²) in [5.74, 6) is 0.745. The van der Waals surface area contributed by atoms with Crippen molar-refractivity contribution in [2.45, 2.75) is 26.3 Å². The number of carbonyl (C=O) groups excluding carboxylic acids is 1. The highest BCUT2D eigenvalue weighted by Crippen LogP contribution is 2.21. The molecule has 0 spiro atoms. The molecule has 0 aliphatic rings. The number of aryl methyl sites for hydroxylation is 1. The number of ether oxygens (including phenoxy) is 1. The molecular weight excluding hydrogens is 396 g/mol. The molecule has 1 amide bonds. The second kappa shape index (κ2) is 11.4. The molecule has 0 radical (unpaired) electrons. The Balaban J connectivity index is 1.68. The number of amides is 1. The Labute approximate surface area is 182 Å². The lowest BCUT2D eigenvalue weighted by Crippen LogP contribution is -2.37. The van der Waals surface area contributed by atoms with Gasteiger partial charge in [-0.2, -0.15) is 4.37 Å². The van der Waals surface area contributed by atoms with Gasteiger partial charge in [-0.05, 0) is 24.5 Å². The number of carbonyl (C=O) groups is 1. The second-order valence-electron chi connectivity index (χ2n) is 7.19. The van der Waals surface area contributed by atoms with Crippen LogP contribution in [0.2, 0.25) is 0 Å². The van der Waals surface area contributed by atoms with Crippen molar-refractivity contribution in [1.82, 2.24) is 14.7 Å². The fraction of sp³-hybridized carbons (Fsp3) is 0.348. The van der Waals surface area contributed by atoms with Crippen molar-refractivity contribution in [2.75, 3.05) is 31.7 Å². The number of benzene rings is 2. The third-order valence-electron chi connectivity index (χ3n) is 4.61. The zero-order chi connectivity index (χ0) is 21.2. The molecule has 0 saturated carbocycles. The van der Waals surface area contributed by atoms with E-state index in [-0.39, 0.29) is 12.5 Å². The number of hydrogen-bond donors (Lipinski definition) is 1. The number of methoxy groups -OCH3 is 1. The van der Waals surface area contributed by atoms with Crippen LogP contribution in [0.15, 0.2) is 54.6 Å². The molecule has 0 atom stereocenters. The molecule has 0 saturated heterocycles. The molecule has 6 nitrogen and oxygen atoms in total. The van der Waals surface area contributed by atoms with Crippen molar-refractivity contribution < 1.29 is 9.53 Å². The first-order valence-electron chi connectivity index (χ1n) is 10.1. The van der Waals surface area contributed by atoms with Crippen LogP contribution in [0.5, 0.6) is 0 Å². The maximum atomic E-state index is 12.5. The Kier molecular flexibility index (Phi) is 8.35. The van der Waals surface area contributed by atoms with Crippen molar-refractivity contribution >= 4 is 22.6 Å². The summed E-state index contributed by atoms with van der Waals surface area (Å²) >= 11 is 1.34. The van der Waals surface area contributed by atoms with E-state index in [0.29, 0.717) is 26.1 Å². The highest BCUT2D eigenvalue weighted by atomic mass is 32.1. The molecule has 1 aromatic heterocycles. The van der Waals surface area contributed by atoms with Gasteiger partial charge in [-0.3, -0.25) is 4.79 Å². The molecule has 0 bridgehead atoms. The van der Waals surface area contributed by atoms with Crippen molar-refractivity contribution in [2.24, 2.45) is 0 Å². The summed E-state index contributed by atoms with van der Waals surface area (Å²) in [6.45, 7) is 4.14. The predicted molar refractivity (Wildman–Crippen MR) is 121 cm³/mol. The molecule has 0 fully saturated rings. The van der Waals surface area contributed by atoms with E-state index in [0.717, 1.165) is 22.9 Å².